The van der Waals surface area contributed by atoms with Crippen LogP contribution < -0.4 is 9.47 Å². The summed E-state index contributed by atoms with van der Waals surface area (Å²) in [5, 5.41) is 0. The standard InChI is InChI=1S/C18H30O2.C14H20.C14H22.C12H18.C9H12/c1-5-7-9-11-19-17-13-16(4)18(14-15(17)3)20-12-10-8-6-2;1-11-8-9-12(2)14(10-11)13-6-4-3-5-7-13;1-4-5-6-7-8-14-11-12(2)9-10-13(14)3;1-9-6-7-10(2)11(8-9)12(3,4)5;1-7-4-5-8(2)9(3)6-7/h13-14H,5-12H2,1-4H3;8-10,13H,3-7H2,1-2H3;9-11H,4-8H2,1-3H3;6-8H,1-5H3;4-6H,1-3H3. The van der Waals surface area contributed by atoms with Gasteiger partial charge in [0.15, 0.2) is 0 Å². The Morgan fingerprint density at radius 3 is 1.33 bits per heavy atom. The zero-order valence-corrected chi connectivity index (χ0v) is 47.7. The lowest BCUT2D eigenvalue weighted by molar-refractivity contribution is 0.295. The topological polar surface area (TPSA) is 18.5 Å². The normalized spacial score (nSPS) is 12.2. The monoisotopic (exact) mass is 939 g/mol. The first kappa shape index (κ1) is 60.8. The Morgan fingerprint density at radius 2 is 0.855 bits per heavy atom. The minimum absolute atomic E-state index is 0.274. The van der Waals surface area contributed by atoms with Gasteiger partial charge in [0.1, 0.15) is 11.5 Å². The van der Waals surface area contributed by atoms with Crippen LogP contribution in [0.15, 0.2) is 84.9 Å². The molecule has 0 atom stereocenters. The fourth-order valence-electron chi connectivity index (χ4n) is 9.00. The van der Waals surface area contributed by atoms with E-state index in [1.807, 2.05) is 0 Å². The van der Waals surface area contributed by atoms with E-state index in [0.29, 0.717) is 0 Å². The molecule has 2 heteroatoms. The van der Waals surface area contributed by atoms with Crippen molar-refractivity contribution in [3.63, 3.8) is 0 Å². The van der Waals surface area contributed by atoms with E-state index in [9.17, 15) is 0 Å². The maximum Gasteiger partial charge on any atom is 0.122 e. The van der Waals surface area contributed by atoms with E-state index in [0.717, 1.165) is 54.6 Å². The summed E-state index contributed by atoms with van der Waals surface area (Å²) in [5.74, 6) is 2.85. The van der Waals surface area contributed by atoms with E-state index < -0.39 is 0 Å². The molecule has 382 valence electrons. The van der Waals surface area contributed by atoms with Gasteiger partial charge in [-0.3, -0.25) is 0 Å². The Bertz CT molecular complexity index is 2140. The van der Waals surface area contributed by atoms with Crippen LogP contribution in [0.25, 0.3) is 0 Å². The van der Waals surface area contributed by atoms with Crippen molar-refractivity contribution < 1.29 is 9.47 Å². The van der Waals surface area contributed by atoms with Crippen LogP contribution in [0.3, 0.4) is 0 Å². The number of hydrogen-bond acceptors (Lipinski definition) is 2. The highest BCUT2D eigenvalue weighted by atomic mass is 16.5. The summed E-state index contributed by atoms with van der Waals surface area (Å²) in [6, 6.07) is 31.0. The zero-order valence-electron chi connectivity index (χ0n) is 47.7. The molecule has 0 unspecified atom stereocenters. The quantitative estimate of drug-likeness (QED) is 0.0918. The Labute approximate surface area is 426 Å². The Hall–Kier alpha value is -4.30. The van der Waals surface area contributed by atoms with Crippen LogP contribution in [0.1, 0.15) is 222 Å². The lowest BCUT2D eigenvalue weighted by Gasteiger charge is -2.23. The fourth-order valence-corrected chi connectivity index (χ4v) is 9.00. The molecular formula is C67H102O2. The first-order chi connectivity index (χ1) is 32.8. The molecule has 0 heterocycles. The molecule has 1 aliphatic rings. The molecule has 5 aromatic rings. The molecule has 0 radical (unpaired) electrons. The molecule has 0 aromatic heterocycles. The van der Waals surface area contributed by atoms with E-state index in [4.69, 9.17) is 9.47 Å². The molecule has 69 heavy (non-hydrogen) atoms. The van der Waals surface area contributed by atoms with E-state index >= 15 is 0 Å². The average Bonchev–Trinajstić information content (AvgIpc) is 3.31. The van der Waals surface area contributed by atoms with Crippen molar-refractivity contribution in [1.29, 1.82) is 0 Å². The van der Waals surface area contributed by atoms with Crippen molar-refractivity contribution in [1.82, 2.24) is 0 Å². The Kier molecular flexibility index (Phi) is 29.4. The molecule has 0 aliphatic heterocycles. The van der Waals surface area contributed by atoms with Crippen molar-refractivity contribution in [2.45, 2.75) is 232 Å². The number of aryl methyl sites for hydroxylation is 12. The summed E-state index contributed by atoms with van der Waals surface area (Å²) in [6.07, 6.45) is 21.0. The SMILES string of the molecule is CCCCCCc1cc(C)ccc1C.CCCCCOc1cc(C)c(OCCCCC)cc1C.Cc1ccc(C)c(C(C)(C)C)c1.Cc1ccc(C)c(C)c1.Cc1ccc(C)c(C2CCCCC2)c1. The number of unbranched alkanes of at least 4 members (excludes halogenated alkanes) is 7. The molecule has 0 bridgehead atoms. The first-order valence-electron chi connectivity index (χ1n) is 27.4. The van der Waals surface area contributed by atoms with Gasteiger partial charge in [0.05, 0.1) is 13.2 Å². The minimum atomic E-state index is 0.274. The summed E-state index contributed by atoms with van der Waals surface area (Å²) < 4.78 is 11.7. The van der Waals surface area contributed by atoms with Gasteiger partial charge in [-0.25, -0.2) is 0 Å². The average molecular weight is 940 g/mol. The summed E-state index contributed by atoms with van der Waals surface area (Å²) in [6.45, 7) is 38.8. The lowest BCUT2D eigenvalue weighted by Crippen LogP contribution is -2.13. The summed E-state index contributed by atoms with van der Waals surface area (Å²) in [7, 11) is 0. The van der Waals surface area contributed by atoms with E-state index in [1.54, 1.807) is 11.1 Å². The van der Waals surface area contributed by atoms with Gasteiger partial charge >= 0.3 is 0 Å². The highest BCUT2D eigenvalue weighted by Crippen LogP contribution is 2.35. The van der Waals surface area contributed by atoms with Crippen molar-refractivity contribution in [2.75, 3.05) is 13.2 Å². The van der Waals surface area contributed by atoms with E-state index in [-0.39, 0.29) is 5.41 Å². The molecule has 1 fully saturated rings. The molecule has 0 saturated heterocycles. The van der Waals surface area contributed by atoms with Gasteiger partial charge in [0, 0.05) is 0 Å². The summed E-state index contributed by atoms with van der Waals surface area (Å²) in [5.41, 5.74) is 19.8. The zero-order chi connectivity index (χ0) is 51.4. The van der Waals surface area contributed by atoms with Crippen LogP contribution in [0.4, 0.5) is 0 Å². The lowest BCUT2D eigenvalue weighted by atomic mass is 9.82. The maximum absolute atomic E-state index is 5.86. The molecule has 0 N–H and O–H groups in total. The highest BCUT2D eigenvalue weighted by Gasteiger charge is 2.17. The Morgan fingerprint density at radius 1 is 0.406 bits per heavy atom. The number of ether oxygens (including phenoxy) is 2. The second-order valence-corrected chi connectivity index (χ2v) is 21.6. The predicted molar refractivity (Wildman–Crippen MR) is 307 cm³/mol. The number of benzene rings is 5. The van der Waals surface area contributed by atoms with Crippen LogP contribution in [0, 0.1) is 76.2 Å². The molecular weight excluding hydrogens is 837 g/mol. The van der Waals surface area contributed by atoms with Gasteiger partial charge in [-0.05, 0) is 194 Å². The first-order valence-corrected chi connectivity index (χ1v) is 27.4. The molecule has 6 rings (SSSR count). The Balaban J connectivity index is 0.000000302. The smallest absolute Gasteiger partial charge is 0.122 e. The van der Waals surface area contributed by atoms with Crippen LogP contribution in [-0.2, 0) is 11.8 Å². The maximum atomic E-state index is 5.86. The third-order valence-electron chi connectivity index (χ3n) is 13.6. The fraction of sp³-hybridized carbons (Fsp3) is 0.552. The van der Waals surface area contributed by atoms with Crippen LogP contribution >= 0.6 is 0 Å². The molecule has 0 amide bonds. The van der Waals surface area contributed by atoms with Gasteiger partial charge in [-0.2, -0.15) is 0 Å². The van der Waals surface area contributed by atoms with Gasteiger partial charge < -0.3 is 9.47 Å². The van der Waals surface area contributed by atoms with Crippen LogP contribution in [-0.4, -0.2) is 13.2 Å². The number of hydrogen-bond donors (Lipinski definition) is 0. The summed E-state index contributed by atoms with van der Waals surface area (Å²) >= 11 is 0. The molecule has 5 aromatic carbocycles. The number of rotatable bonds is 16. The van der Waals surface area contributed by atoms with Crippen molar-refractivity contribution in [3.8, 4) is 11.5 Å². The minimum Gasteiger partial charge on any atom is -0.493 e. The molecule has 1 saturated carbocycles. The second-order valence-electron chi connectivity index (χ2n) is 21.6. The molecule has 1 aliphatic carbocycles. The van der Waals surface area contributed by atoms with Gasteiger partial charge in [-0.1, -0.05) is 201 Å². The van der Waals surface area contributed by atoms with Gasteiger partial charge in [-0.15, -0.1) is 0 Å². The van der Waals surface area contributed by atoms with E-state index in [1.165, 1.54) is 146 Å². The highest BCUT2D eigenvalue weighted by molar-refractivity contribution is 5.45. The van der Waals surface area contributed by atoms with E-state index in [2.05, 4.69) is 203 Å². The van der Waals surface area contributed by atoms with Gasteiger partial charge in [0.25, 0.3) is 0 Å². The molecule has 2 nitrogen and oxygen atoms in total. The van der Waals surface area contributed by atoms with Gasteiger partial charge in [0.2, 0.25) is 0 Å². The van der Waals surface area contributed by atoms with Crippen molar-refractivity contribution >= 4 is 0 Å². The predicted octanol–water partition coefficient (Wildman–Crippen LogP) is 20.4. The van der Waals surface area contributed by atoms with Crippen molar-refractivity contribution in [3.05, 3.63) is 163 Å². The van der Waals surface area contributed by atoms with Crippen LogP contribution in [0.2, 0.25) is 0 Å². The molecule has 0 spiro atoms. The third-order valence-corrected chi connectivity index (χ3v) is 13.6. The van der Waals surface area contributed by atoms with Crippen molar-refractivity contribution in [2.24, 2.45) is 0 Å². The largest absolute Gasteiger partial charge is 0.493 e. The summed E-state index contributed by atoms with van der Waals surface area (Å²) in [4.78, 5) is 0. The third kappa shape index (κ3) is 24.4. The van der Waals surface area contributed by atoms with Crippen LogP contribution in [0.5, 0.6) is 11.5 Å². The second kappa shape index (κ2) is 33.3.